The number of amides is 1. The van der Waals surface area contributed by atoms with Crippen molar-refractivity contribution in [1.29, 1.82) is 0 Å². The van der Waals surface area contributed by atoms with Gasteiger partial charge in [0.05, 0.1) is 5.75 Å². The van der Waals surface area contributed by atoms with Crippen molar-refractivity contribution in [2.75, 3.05) is 12.0 Å². The second-order valence-corrected chi connectivity index (χ2v) is 4.06. The van der Waals surface area contributed by atoms with E-state index >= 15 is 0 Å². The fourth-order valence-corrected chi connectivity index (χ4v) is 0.834. The van der Waals surface area contributed by atoms with Gasteiger partial charge >= 0.3 is 0 Å². The molecule has 0 fully saturated rings. The summed E-state index contributed by atoms with van der Waals surface area (Å²) in [6.45, 7) is 0. The Morgan fingerprint density at radius 3 is 2.11 bits per heavy atom. The molecule has 0 aliphatic rings. The number of carbonyl (C=O) groups excluding carboxylic acids is 1. The first kappa shape index (κ1) is 8.42. The molecule has 9 heavy (non-hydrogen) atoms. The molecule has 0 aliphatic carbocycles. The van der Waals surface area contributed by atoms with Crippen LogP contribution < -0.4 is 5.73 Å². The van der Waals surface area contributed by atoms with E-state index in [0.717, 1.165) is 6.26 Å². The van der Waals surface area contributed by atoms with E-state index < -0.39 is 15.7 Å². The summed E-state index contributed by atoms with van der Waals surface area (Å²) >= 11 is 0. The van der Waals surface area contributed by atoms with E-state index in [2.05, 4.69) is 0 Å². The number of nitrogens with one attached hydrogen (secondary N) is 1. The van der Waals surface area contributed by atoms with Gasteiger partial charge in [-0.2, -0.15) is 0 Å². The van der Waals surface area contributed by atoms with Crippen LogP contribution in [0.5, 0.6) is 0 Å². The van der Waals surface area contributed by atoms with Crippen molar-refractivity contribution in [2.24, 2.45) is 0 Å². The van der Waals surface area contributed by atoms with Crippen molar-refractivity contribution in [2.45, 2.75) is 6.42 Å². The van der Waals surface area contributed by atoms with Gasteiger partial charge in [0, 0.05) is 12.7 Å². The maximum Gasteiger partial charge on any atom is 0.239 e. The molecule has 0 heterocycles. The van der Waals surface area contributed by atoms with Crippen LogP contribution in [0, 0.1) is 0 Å². The van der Waals surface area contributed by atoms with Crippen molar-refractivity contribution < 1.29 is 13.2 Å². The number of hydrogen-bond acceptors (Lipinski definition) is 3. The van der Waals surface area contributed by atoms with Gasteiger partial charge in [0.1, 0.15) is 9.84 Å². The quantitative estimate of drug-likeness (QED) is 0.530. The van der Waals surface area contributed by atoms with E-state index in [0.29, 0.717) is 0 Å². The van der Waals surface area contributed by atoms with Gasteiger partial charge in [-0.1, -0.05) is 0 Å². The molecule has 0 unspecified atom stereocenters. The Morgan fingerprint density at radius 2 is 2.00 bits per heavy atom. The van der Waals surface area contributed by atoms with Gasteiger partial charge < -0.3 is 0 Å². The summed E-state index contributed by atoms with van der Waals surface area (Å²) in [5.41, 5.74) is 6.35. The first-order valence-electron chi connectivity index (χ1n) is 2.34. The van der Waals surface area contributed by atoms with E-state index in [9.17, 15) is 13.2 Å². The van der Waals surface area contributed by atoms with Gasteiger partial charge in [0.15, 0.2) is 0 Å². The van der Waals surface area contributed by atoms with Gasteiger partial charge in [-0.15, -0.1) is 0 Å². The van der Waals surface area contributed by atoms with Crippen LogP contribution in [0.25, 0.3) is 0 Å². The Hall–Kier alpha value is -0.580. The zero-order chi connectivity index (χ0) is 7.49. The first-order valence-corrected chi connectivity index (χ1v) is 4.40. The van der Waals surface area contributed by atoms with E-state index in [-0.39, 0.29) is 12.2 Å². The van der Waals surface area contributed by atoms with Crippen LogP contribution in [0.2, 0.25) is 0 Å². The highest BCUT2D eigenvalue weighted by Gasteiger charge is 2.03. The van der Waals surface area contributed by atoms with E-state index in [4.69, 9.17) is 5.73 Å². The molecule has 0 aliphatic heterocycles. The van der Waals surface area contributed by atoms with Crippen LogP contribution in [-0.2, 0) is 14.6 Å². The van der Waals surface area contributed by atoms with Gasteiger partial charge in [-0.05, 0) is 0 Å². The van der Waals surface area contributed by atoms with Gasteiger partial charge in [0.2, 0.25) is 5.91 Å². The predicted octanol–water partition coefficient (Wildman–Crippen LogP) is -0.769. The maximum absolute atomic E-state index is 10.3. The molecular weight excluding hydrogens is 142 g/mol. The summed E-state index contributed by atoms with van der Waals surface area (Å²) in [6.07, 6.45) is 0.842. The summed E-state index contributed by atoms with van der Waals surface area (Å²) < 4.78 is 20.6. The molecule has 0 bridgehead atoms. The van der Waals surface area contributed by atoms with Gasteiger partial charge in [0.25, 0.3) is 0 Å². The molecule has 0 rings (SSSR count). The number of rotatable bonds is 3. The van der Waals surface area contributed by atoms with Gasteiger partial charge in [-0.3, -0.25) is 10.5 Å². The monoisotopic (exact) mass is 150 g/mol. The molecule has 0 aromatic rings. The average Bonchev–Trinajstić information content (AvgIpc) is 1.59. The molecule has 1 amide bonds. The number of sulfone groups is 1. The highest BCUT2D eigenvalue weighted by molar-refractivity contribution is 7.90. The smallest absolute Gasteiger partial charge is 0.239 e. The van der Waals surface area contributed by atoms with Crippen molar-refractivity contribution in [1.82, 2.24) is 5.73 Å². The van der Waals surface area contributed by atoms with Crippen molar-refractivity contribution in [3.8, 4) is 0 Å². The molecular formula is C4H8NO3S. The zero-order valence-electron chi connectivity index (χ0n) is 5.05. The standard InChI is InChI=1S/C4H8NO3S/c1-9(7,8)3-2-4(5)6/h5H,2-3H2,1H3. The van der Waals surface area contributed by atoms with E-state index in [1.54, 1.807) is 0 Å². The Kier molecular flexibility index (Phi) is 2.64. The van der Waals surface area contributed by atoms with Crippen LogP contribution in [0.3, 0.4) is 0 Å². The lowest BCUT2D eigenvalue weighted by atomic mass is 10.5. The van der Waals surface area contributed by atoms with Crippen molar-refractivity contribution in [3.05, 3.63) is 0 Å². The Morgan fingerprint density at radius 1 is 1.56 bits per heavy atom. The number of carbonyl (C=O) groups is 1. The minimum Gasteiger partial charge on any atom is -0.273 e. The highest BCUT2D eigenvalue weighted by atomic mass is 32.2. The van der Waals surface area contributed by atoms with E-state index in [1.807, 2.05) is 0 Å². The zero-order valence-corrected chi connectivity index (χ0v) is 5.86. The maximum atomic E-state index is 10.3. The lowest BCUT2D eigenvalue weighted by Gasteiger charge is -1.90. The molecule has 0 aromatic heterocycles. The van der Waals surface area contributed by atoms with Gasteiger partial charge in [-0.25, -0.2) is 8.42 Å². The average molecular weight is 150 g/mol. The Balaban J connectivity index is 3.67. The largest absolute Gasteiger partial charge is 0.273 e. The second kappa shape index (κ2) is 2.82. The third-order valence-corrected chi connectivity index (χ3v) is 1.65. The molecule has 1 radical (unpaired) electrons. The van der Waals surface area contributed by atoms with Crippen molar-refractivity contribution in [3.63, 3.8) is 0 Å². The Bertz CT molecular complexity index is 194. The van der Waals surface area contributed by atoms with Crippen LogP contribution in [0.4, 0.5) is 0 Å². The molecule has 0 atom stereocenters. The van der Waals surface area contributed by atoms with Crippen LogP contribution in [0.15, 0.2) is 0 Å². The summed E-state index contributed by atoms with van der Waals surface area (Å²) in [7, 11) is -3.06. The molecule has 1 N–H and O–H groups in total. The molecule has 0 spiro atoms. The van der Waals surface area contributed by atoms with Crippen LogP contribution in [0.1, 0.15) is 6.42 Å². The van der Waals surface area contributed by atoms with Crippen molar-refractivity contribution >= 4 is 15.7 Å². The highest BCUT2D eigenvalue weighted by Crippen LogP contribution is 1.86. The third kappa shape index (κ3) is 7.42. The lowest BCUT2D eigenvalue weighted by molar-refractivity contribution is -0.118. The minimum absolute atomic E-state index is 0.196. The normalized spacial score (nSPS) is 11.2. The summed E-state index contributed by atoms with van der Waals surface area (Å²) in [5.74, 6) is -1.05. The third-order valence-electron chi connectivity index (χ3n) is 0.700. The van der Waals surface area contributed by atoms with Crippen LogP contribution in [-0.4, -0.2) is 26.3 Å². The summed E-state index contributed by atoms with van der Waals surface area (Å²) in [5, 5.41) is 0. The second-order valence-electron chi connectivity index (χ2n) is 1.80. The SMILES string of the molecule is CS(=O)(=O)CCC([NH])=O. The fourth-order valence-electron chi connectivity index (χ4n) is 0.278. The molecule has 4 nitrogen and oxygen atoms in total. The Labute approximate surface area is 54.0 Å². The summed E-state index contributed by atoms with van der Waals surface area (Å²) in [6, 6.07) is 0. The minimum atomic E-state index is -3.06. The molecule has 0 aromatic carbocycles. The number of hydrogen-bond donors (Lipinski definition) is 0. The van der Waals surface area contributed by atoms with Crippen LogP contribution >= 0.6 is 0 Å². The summed E-state index contributed by atoms with van der Waals surface area (Å²) in [4.78, 5) is 9.89. The molecule has 5 heteroatoms. The van der Waals surface area contributed by atoms with E-state index in [1.165, 1.54) is 0 Å². The molecule has 0 saturated heterocycles. The molecule has 0 saturated carbocycles. The molecule has 53 valence electrons. The fraction of sp³-hybridized carbons (Fsp3) is 0.750. The topological polar surface area (TPSA) is 75.0 Å². The predicted molar refractivity (Wildman–Crippen MR) is 32.4 cm³/mol. The lowest BCUT2D eigenvalue weighted by Crippen LogP contribution is -2.09. The first-order chi connectivity index (χ1) is 3.92.